The number of Topliss-reactive ketones (excluding diaryl/α,β-unsaturated/α-hetero) is 1. The zero-order valence-corrected chi connectivity index (χ0v) is 15.8. The van der Waals surface area contributed by atoms with E-state index in [0.717, 1.165) is 5.56 Å². The molecule has 0 bridgehead atoms. The Labute approximate surface area is 150 Å². The van der Waals surface area contributed by atoms with Gasteiger partial charge in [-0.1, -0.05) is 49.4 Å². The molecule has 0 aliphatic heterocycles. The van der Waals surface area contributed by atoms with Crippen LogP contribution in [-0.2, 0) is 5.41 Å². The van der Waals surface area contributed by atoms with E-state index in [1.165, 1.54) is 6.07 Å². The number of ketones is 1. The zero-order chi connectivity index (χ0) is 18.6. The SMILES string of the molecule is CC[C@@](C[C@H](C)N(C)C)(C(=O)c1cccc(F)c1C)c1ccccc1. The summed E-state index contributed by atoms with van der Waals surface area (Å²) in [4.78, 5) is 15.8. The van der Waals surface area contributed by atoms with Gasteiger partial charge in [0.2, 0.25) is 0 Å². The van der Waals surface area contributed by atoms with Gasteiger partial charge in [0, 0.05) is 11.6 Å². The van der Waals surface area contributed by atoms with Crippen molar-refractivity contribution in [2.75, 3.05) is 14.1 Å². The lowest BCUT2D eigenvalue weighted by molar-refractivity contribution is 0.0837. The van der Waals surface area contributed by atoms with Gasteiger partial charge in [-0.25, -0.2) is 4.39 Å². The van der Waals surface area contributed by atoms with Crippen molar-refractivity contribution in [3.05, 3.63) is 71.0 Å². The van der Waals surface area contributed by atoms with Gasteiger partial charge >= 0.3 is 0 Å². The number of benzene rings is 2. The third kappa shape index (κ3) is 3.82. The second-order valence-corrected chi connectivity index (χ2v) is 7.06. The normalized spacial score (nSPS) is 15.0. The molecule has 0 amide bonds. The van der Waals surface area contributed by atoms with E-state index in [2.05, 4.69) is 11.8 Å². The third-order valence-corrected chi connectivity index (χ3v) is 5.40. The van der Waals surface area contributed by atoms with Gasteiger partial charge in [-0.3, -0.25) is 4.79 Å². The lowest BCUT2D eigenvalue weighted by Crippen LogP contribution is -2.42. The predicted octanol–water partition coefficient (Wildman–Crippen LogP) is 5.01. The Bertz CT molecular complexity index is 726. The van der Waals surface area contributed by atoms with Crippen LogP contribution in [0.15, 0.2) is 48.5 Å². The molecule has 2 nitrogen and oxygen atoms in total. The Hall–Kier alpha value is -2.00. The van der Waals surface area contributed by atoms with E-state index < -0.39 is 5.41 Å². The smallest absolute Gasteiger partial charge is 0.173 e. The average Bonchev–Trinajstić information content (AvgIpc) is 2.62. The zero-order valence-electron chi connectivity index (χ0n) is 15.8. The summed E-state index contributed by atoms with van der Waals surface area (Å²) in [5.41, 5.74) is 1.25. The number of nitrogens with zero attached hydrogens (tertiary/aromatic N) is 1. The van der Waals surface area contributed by atoms with Gasteiger partial charge in [0.1, 0.15) is 5.82 Å². The Morgan fingerprint density at radius 1 is 1.12 bits per heavy atom. The Balaban J connectivity index is 2.61. The topological polar surface area (TPSA) is 20.3 Å². The standard InChI is InChI=1S/C22H28FNO/c1-6-22(15-16(2)24(4)5,18-11-8-7-9-12-18)21(25)19-13-10-14-20(23)17(19)3/h7-14,16H,6,15H2,1-5H3/t16-,22-/m0/s1. The van der Waals surface area contributed by atoms with Crippen molar-refractivity contribution >= 4 is 5.78 Å². The van der Waals surface area contributed by atoms with Gasteiger partial charge in [0.05, 0.1) is 5.41 Å². The van der Waals surface area contributed by atoms with Crippen molar-refractivity contribution in [2.45, 2.75) is 45.1 Å². The Morgan fingerprint density at radius 3 is 2.32 bits per heavy atom. The van der Waals surface area contributed by atoms with Gasteiger partial charge in [0.25, 0.3) is 0 Å². The molecule has 0 radical (unpaired) electrons. The highest BCUT2D eigenvalue weighted by Crippen LogP contribution is 2.38. The second kappa shape index (κ2) is 7.92. The highest BCUT2D eigenvalue weighted by molar-refractivity contribution is 6.05. The van der Waals surface area contributed by atoms with Crippen LogP contribution in [0.2, 0.25) is 0 Å². The molecule has 0 saturated carbocycles. The van der Waals surface area contributed by atoms with Crippen molar-refractivity contribution in [2.24, 2.45) is 0 Å². The molecule has 0 aliphatic carbocycles. The molecule has 2 rings (SSSR count). The maximum Gasteiger partial charge on any atom is 0.173 e. The largest absolute Gasteiger partial charge is 0.307 e. The molecule has 0 N–H and O–H groups in total. The van der Waals surface area contributed by atoms with E-state index in [1.807, 2.05) is 51.4 Å². The van der Waals surface area contributed by atoms with Crippen molar-refractivity contribution in [1.82, 2.24) is 4.90 Å². The van der Waals surface area contributed by atoms with Crippen LogP contribution in [-0.4, -0.2) is 30.8 Å². The average molecular weight is 341 g/mol. The predicted molar refractivity (Wildman–Crippen MR) is 102 cm³/mol. The molecule has 25 heavy (non-hydrogen) atoms. The van der Waals surface area contributed by atoms with E-state index in [9.17, 15) is 9.18 Å². The van der Waals surface area contributed by atoms with E-state index in [1.54, 1.807) is 19.1 Å². The van der Waals surface area contributed by atoms with E-state index in [-0.39, 0.29) is 17.6 Å². The van der Waals surface area contributed by atoms with Crippen LogP contribution in [0.5, 0.6) is 0 Å². The maximum atomic E-state index is 14.1. The van der Waals surface area contributed by atoms with Crippen LogP contribution in [0.3, 0.4) is 0 Å². The number of rotatable bonds is 7. The second-order valence-electron chi connectivity index (χ2n) is 7.06. The van der Waals surface area contributed by atoms with Gasteiger partial charge in [-0.05, 0) is 58.0 Å². The van der Waals surface area contributed by atoms with Crippen molar-refractivity contribution in [3.63, 3.8) is 0 Å². The molecule has 0 aliphatic rings. The first-order valence-electron chi connectivity index (χ1n) is 8.85. The fourth-order valence-corrected chi connectivity index (χ4v) is 3.41. The molecule has 0 spiro atoms. The Morgan fingerprint density at radius 2 is 1.76 bits per heavy atom. The monoisotopic (exact) mass is 341 g/mol. The Kier molecular flexibility index (Phi) is 6.12. The fourth-order valence-electron chi connectivity index (χ4n) is 3.41. The van der Waals surface area contributed by atoms with Gasteiger partial charge in [-0.15, -0.1) is 0 Å². The van der Waals surface area contributed by atoms with Gasteiger partial charge in [0.15, 0.2) is 5.78 Å². The minimum absolute atomic E-state index is 0.00639. The van der Waals surface area contributed by atoms with Crippen molar-refractivity contribution in [1.29, 1.82) is 0 Å². The van der Waals surface area contributed by atoms with Crippen LogP contribution in [0, 0.1) is 12.7 Å². The summed E-state index contributed by atoms with van der Waals surface area (Å²) in [7, 11) is 4.04. The third-order valence-electron chi connectivity index (χ3n) is 5.40. The van der Waals surface area contributed by atoms with Crippen LogP contribution in [0.25, 0.3) is 0 Å². The summed E-state index contributed by atoms with van der Waals surface area (Å²) in [5.74, 6) is -0.323. The fraction of sp³-hybridized carbons (Fsp3) is 0.409. The summed E-state index contributed by atoms with van der Waals surface area (Å²) in [6.45, 7) is 5.85. The first-order chi connectivity index (χ1) is 11.8. The summed E-state index contributed by atoms with van der Waals surface area (Å²) in [6, 6.07) is 14.9. The number of carbonyl (C=O) groups excluding carboxylic acids is 1. The molecule has 0 aromatic heterocycles. The first-order valence-corrected chi connectivity index (χ1v) is 8.85. The molecule has 134 valence electrons. The maximum absolute atomic E-state index is 14.1. The van der Waals surface area contributed by atoms with Gasteiger partial charge < -0.3 is 4.90 Å². The molecule has 2 atom stereocenters. The van der Waals surface area contributed by atoms with Crippen LogP contribution < -0.4 is 0 Å². The molecule has 0 fully saturated rings. The number of halogens is 1. The van der Waals surface area contributed by atoms with Crippen molar-refractivity contribution < 1.29 is 9.18 Å². The van der Waals surface area contributed by atoms with Gasteiger partial charge in [-0.2, -0.15) is 0 Å². The summed E-state index contributed by atoms with van der Waals surface area (Å²) >= 11 is 0. The van der Waals surface area contributed by atoms with E-state index >= 15 is 0 Å². The summed E-state index contributed by atoms with van der Waals surface area (Å²) in [5, 5.41) is 0. The highest BCUT2D eigenvalue weighted by atomic mass is 19.1. The molecule has 2 aromatic carbocycles. The molecule has 0 unspecified atom stereocenters. The van der Waals surface area contributed by atoms with Crippen molar-refractivity contribution in [3.8, 4) is 0 Å². The summed E-state index contributed by atoms with van der Waals surface area (Å²) in [6.07, 6.45) is 1.36. The minimum atomic E-state index is -0.663. The van der Waals surface area contributed by atoms with Crippen LogP contribution in [0.1, 0.15) is 48.2 Å². The van der Waals surface area contributed by atoms with Crippen LogP contribution >= 0.6 is 0 Å². The number of hydrogen-bond donors (Lipinski definition) is 0. The lowest BCUT2D eigenvalue weighted by Gasteiger charge is -2.37. The summed E-state index contributed by atoms with van der Waals surface area (Å²) < 4.78 is 14.1. The molecular weight excluding hydrogens is 313 g/mol. The minimum Gasteiger partial charge on any atom is -0.307 e. The van der Waals surface area contributed by atoms with E-state index in [0.29, 0.717) is 24.0 Å². The molecule has 0 saturated heterocycles. The molecule has 0 heterocycles. The molecule has 2 aromatic rings. The molecular formula is C22H28FNO. The number of carbonyl (C=O) groups is 1. The number of hydrogen-bond acceptors (Lipinski definition) is 2. The highest BCUT2D eigenvalue weighted by Gasteiger charge is 2.41. The lowest BCUT2D eigenvalue weighted by atomic mass is 9.68. The quantitative estimate of drug-likeness (QED) is 0.660. The van der Waals surface area contributed by atoms with E-state index in [4.69, 9.17) is 0 Å². The first kappa shape index (κ1) is 19.3. The van der Waals surface area contributed by atoms with Crippen LogP contribution in [0.4, 0.5) is 4.39 Å². The molecule has 3 heteroatoms.